The molecule has 0 radical (unpaired) electrons. The number of benzene rings is 2. The number of ether oxygens (including phenoxy) is 1. The second kappa shape index (κ2) is 7.61. The number of nitrogens with one attached hydrogen (secondary N) is 1. The maximum Gasteiger partial charge on any atom is 0.339 e. The van der Waals surface area contributed by atoms with Crippen LogP contribution in [0.5, 0.6) is 0 Å². The molecule has 2 rings (SSSR count). The first kappa shape index (κ1) is 17.5. The van der Waals surface area contributed by atoms with E-state index in [0.717, 1.165) is 17.3 Å². The Kier molecular flexibility index (Phi) is 5.79. The van der Waals surface area contributed by atoms with E-state index in [1.54, 1.807) is 36.4 Å². The number of alkyl halides is 1. The molecule has 0 saturated heterocycles. The number of esters is 1. The second-order valence-electron chi connectivity index (χ2n) is 4.73. The molecule has 0 aromatic heterocycles. The van der Waals surface area contributed by atoms with Crippen LogP contribution < -0.4 is 4.72 Å². The van der Waals surface area contributed by atoms with Crippen LogP contribution in [-0.2, 0) is 21.2 Å². The van der Waals surface area contributed by atoms with Crippen LogP contribution in [0.2, 0.25) is 0 Å². The molecule has 0 aliphatic rings. The van der Waals surface area contributed by atoms with Gasteiger partial charge in [0.05, 0.1) is 23.3 Å². The Morgan fingerprint density at radius 3 is 2.39 bits per heavy atom. The minimum Gasteiger partial charge on any atom is -0.465 e. The molecule has 2 aromatic carbocycles. The lowest BCUT2D eigenvalue weighted by Gasteiger charge is -2.11. The maximum absolute atomic E-state index is 12.5. The normalized spacial score (nSPS) is 11.0. The smallest absolute Gasteiger partial charge is 0.339 e. The van der Waals surface area contributed by atoms with E-state index in [0.29, 0.717) is 0 Å². The lowest BCUT2D eigenvalue weighted by molar-refractivity contribution is 0.0602. The lowest BCUT2D eigenvalue weighted by Crippen LogP contribution is -2.16. The van der Waals surface area contributed by atoms with Gasteiger partial charge in [-0.2, -0.15) is 0 Å². The minimum atomic E-state index is -3.78. The molecule has 1 N–H and O–H groups in total. The number of methoxy groups -OCH3 is 1. The molecule has 0 bridgehead atoms. The summed E-state index contributed by atoms with van der Waals surface area (Å²) in [4.78, 5) is 11.8. The van der Waals surface area contributed by atoms with Gasteiger partial charge in [-0.1, -0.05) is 40.2 Å². The van der Waals surface area contributed by atoms with Crippen molar-refractivity contribution in [2.45, 2.75) is 11.3 Å². The number of halogens is 1. The van der Waals surface area contributed by atoms with Crippen LogP contribution in [0.15, 0.2) is 53.4 Å². The fraction of sp³-hybridized carbons (Fsp3) is 0.188. The quantitative estimate of drug-likeness (QED) is 0.599. The summed E-state index contributed by atoms with van der Waals surface area (Å²) in [5.74, 6) is -0.601. The van der Waals surface area contributed by atoms with Crippen molar-refractivity contribution < 1.29 is 17.9 Å². The van der Waals surface area contributed by atoms with Gasteiger partial charge in [0.25, 0.3) is 10.0 Å². The Morgan fingerprint density at radius 2 is 1.78 bits per heavy atom. The highest BCUT2D eigenvalue weighted by Crippen LogP contribution is 2.21. The molecule has 0 spiro atoms. The molecule has 0 saturated carbocycles. The van der Waals surface area contributed by atoms with Gasteiger partial charge in [0.1, 0.15) is 0 Å². The Labute approximate surface area is 143 Å². The Bertz CT molecular complexity index is 788. The van der Waals surface area contributed by atoms with Crippen molar-refractivity contribution in [1.82, 2.24) is 0 Å². The first-order chi connectivity index (χ1) is 11.0. The van der Waals surface area contributed by atoms with E-state index in [-0.39, 0.29) is 16.1 Å². The van der Waals surface area contributed by atoms with Crippen LogP contribution >= 0.6 is 15.9 Å². The zero-order valence-corrected chi connectivity index (χ0v) is 14.9. The number of para-hydroxylation sites is 1. The molecule has 2 aromatic rings. The third-order valence-corrected chi connectivity index (χ3v) is 4.97. The fourth-order valence-corrected chi connectivity index (χ4v) is 3.55. The Morgan fingerprint density at radius 1 is 1.13 bits per heavy atom. The minimum absolute atomic E-state index is 0.135. The molecule has 23 heavy (non-hydrogen) atoms. The molecule has 5 nitrogen and oxygen atoms in total. The van der Waals surface area contributed by atoms with Gasteiger partial charge in [0.15, 0.2) is 0 Å². The van der Waals surface area contributed by atoms with Gasteiger partial charge in [0.2, 0.25) is 0 Å². The van der Waals surface area contributed by atoms with Gasteiger partial charge in [-0.25, -0.2) is 13.2 Å². The summed E-state index contributed by atoms with van der Waals surface area (Å²) in [5, 5.41) is 0.809. The number of hydrogen-bond acceptors (Lipinski definition) is 4. The van der Waals surface area contributed by atoms with Crippen molar-refractivity contribution in [3.8, 4) is 0 Å². The van der Waals surface area contributed by atoms with Gasteiger partial charge < -0.3 is 4.74 Å². The predicted octanol–water partition coefficient (Wildman–Crippen LogP) is 3.21. The van der Waals surface area contributed by atoms with E-state index in [1.807, 2.05) is 0 Å². The lowest BCUT2D eigenvalue weighted by atomic mass is 10.2. The molecule has 0 unspecified atom stereocenters. The number of aryl methyl sites for hydroxylation is 1. The van der Waals surface area contributed by atoms with E-state index in [2.05, 4.69) is 25.4 Å². The molecular weight excluding hydrogens is 382 g/mol. The molecule has 0 fully saturated rings. The Hall–Kier alpha value is -1.86. The summed E-state index contributed by atoms with van der Waals surface area (Å²) in [6, 6.07) is 12.9. The summed E-state index contributed by atoms with van der Waals surface area (Å²) in [6.45, 7) is 0. The van der Waals surface area contributed by atoms with E-state index in [9.17, 15) is 13.2 Å². The van der Waals surface area contributed by atoms with Crippen molar-refractivity contribution in [3.63, 3.8) is 0 Å². The van der Waals surface area contributed by atoms with Crippen molar-refractivity contribution >= 4 is 37.6 Å². The number of carbonyl (C=O) groups is 1. The van der Waals surface area contributed by atoms with Gasteiger partial charge in [-0.3, -0.25) is 4.72 Å². The van der Waals surface area contributed by atoms with Gasteiger partial charge in [-0.05, 0) is 36.2 Å². The summed E-state index contributed by atoms with van der Waals surface area (Å²) < 4.78 is 32.0. The first-order valence-electron chi connectivity index (χ1n) is 6.83. The molecule has 0 heterocycles. The topological polar surface area (TPSA) is 72.5 Å². The van der Waals surface area contributed by atoms with Crippen LogP contribution in [-0.4, -0.2) is 26.8 Å². The van der Waals surface area contributed by atoms with Crippen LogP contribution in [0.25, 0.3) is 0 Å². The van der Waals surface area contributed by atoms with Crippen LogP contribution in [0, 0.1) is 0 Å². The van der Waals surface area contributed by atoms with Gasteiger partial charge in [-0.15, -0.1) is 0 Å². The number of anilines is 1. The van der Waals surface area contributed by atoms with E-state index in [4.69, 9.17) is 0 Å². The highest BCUT2D eigenvalue weighted by Gasteiger charge is 2.18. The number of sulfonamides is 1. The predicted molar refractivity (Wildman–Crippen MR) is 92.5 cm³/mol. The van der Waals surface area contributed by atoms with Crippen molar-refractivity contribution in [2.75, 3.05) is 17.2 Å². The molecular formula is C16H16BrNO4S. The molecule has 122 valence electrons. The van der Waals surface area contributed by atoms with Gasteiger partial charge >= 0.3 is 5.97 Å². The highest BCUT2D eigenvalue weighted by atomic mass is 79.9. The third-order valence-electron chi connectivity index (χ3n) is 3.19. The highest BCUT2D eigenvalue weighted by molar-refractivity contribution is 9.09. The van der Waals surface area contributed by atoms with Crippen molar-refractivity contribution in [2.24, 2.45) is 0 Å². The van der Waals surface area contributed by atoms with Crippen LogP contribution in [0.4, 0.5) is 5.69 Å². The largest absolute Gasteiger partial charge is 0.465 e. The zero-order chi connectivity index (χ0) is 16.9. The monoisotopic (exact) mass is 397 g/mol. The van der Waals surface area contributed by atoms with Crippen molar-refractivity contribution in [1.29, 1.82) is 0 Å². The van der Waals surface area contributed by atoms with E-state index in [1.165, 1.54) is 19.2 Å². The molecule has 0 aliphatic heterocycles. The Balaban J connectivity index is 2.30. The number of rotatable bonds is 6. The third kappa shape index (κ3) is 4.33. The summed E-state index contributed by atoms with van der Waals surface area (Å²) in [7, 11) is -2.53. The van der Waals surface area contributed by atoms with Crippen molar-refractivity contribution in [3.05, 3.63) is 59.7 Å². The maximum atomic E-state index is 12.5. The second-order valence-corrected chi connectivity index (χ2v) is 7.20. The summed E-state index contributed by atoms with van der Waals surface area (Å²) in [5.41, 5.74) is 1.38. The van der Waals surface area contributed by atoms with E-state index < -0.39 is 16.0 Å². The molecule has 0 aliphatic carbocycles. The summed E-state index contributed by atoms with van der Waals surface area (Å²) >= 11 is 3.34. The zero-order valence-electron chi connectivity index (χ0n) is 12.5. The number of hydrogen-bond donors (Lipinski definition) is 1. The molecule has 0 atom stereocenters. The summed E-state index contributed by atoms with van der Waals surface area (Å²) in [6.07, 6.45) is 0.818. The average Bonchev–Trinajstić information content (AvgIpc) is 2.55. The fourth-order valence-electron chi connectivity index (χ4n) is 2.01. The number of carbonyl (C=O) groups excluding carboxylic acids is 1. The van der Waals surface area contributed by atoms with Gasteiger partial charge in [0, 0.05) is 5.33 Å². The standard InChI is InChI=1S/C16H16BrNO4S/c1-22-16(19)14-4-2-3-5-15(14)18-23(20,21)13-8-6-12(7-9-13)10-11-17/h2-9,18H,10-11H2,1H3. The SMILES string of the molecule is COC(=O)c1ccccc1NS(=O)(=O)c1ccc(CCBr)cc1. The molecule has 7 heteroatoms. The van der Waals surface area contributed by atoms with Crippen LogP contribution in [0.3, 0.4) is 0 Å². The van der Waals surface area contributed by atoms with Crippen LogP contribution in [0.1, 0.15) is 15.9 Å². The van der Waals surface area contributed by atoms with E-state index >= 15 is 0 Å². The molecule has 0 amide bonds. The average molecular weight is 398 g/mol. The first-order valence-corrected chi connectivity index (χ1v) is 9.43.